The summed E-state index contributed by atoms with van der Waals surface area (Å²) in [4.78, 5) is 44.2. The molecule has 2 aromatic heterocycles. The van der Waals surface area contributed by atoms with Crippen molar-refractivity contribution in [3.05, 3.63) is 46.5 Å². The summed E-state index contributed by atoms with van der Waals surface area (Å²) in [7, 11) is 1.44. The molecule has 11 nitrogen and oxygen atoms in total. The summed E-state index contributed by atoms with van der Waals surface area (Å²) in [6, 6.07) is 4.81. The van der Waals surface area contributed by atoms with E-state index in [1.54, 1.807) is 25.1 Å². The van der Waals surface area contributed by atoms with Gasteiger partial charge in [0.1, 0.15) is 5.82 Å². The zero-order valence-electron chi connectivity index (χ0n) is 17.0. The molecule has 31 heavy (non-hydrogen) atoms. The normalized spacial score (nSPS) is 10.6. The van der Waals surface area contributed by atoms with E-state index < -0.39 is 11.8 Å². The number of carbonyl (C=O) groups is 2. The van der Waals surface area contributed by atoms with E-state index in [9.17, 15) is 14.4 Å². The van der Waals surface area contributed by atoms with Gasteiger partial charge in [-0.25, -0.2) is 9.97 Å². The van der Waals surface area contributed by atoms with E-state index in [0.717, 1.165) is 0 Å². The Morgan fingerprint density at radius 3 is 2.52 bits per heavy atom. The van der Waals surface area contributed by atoms with Crippen LogP contribution in [-0.4, -0.2) is 40.1 Å². The molecule has 0 aliphatic heterocycles. The molecule has 2 amide bonds. The number of benzene rings is 1. The Morgan fingerprint density at radius 1 is 1.19 bits per heavy atom. The number of fused-ring (bicyclic) bond motifs is 1. The lowest BCUT2D eigenvalue weighted by molar-refractivity contribution is -0.118. The molecule has 0 aliphatic rings. The van der Waals surface area contributed by atoms with Crippen molar-refractivity contribution < 1.29 is 19.1 Å². The molecule has 0 saturated heterocycles. The molecule has 0 unspecified atom stereocenters. The van der Waals surface area contributed by atoms with Gasteiger partial charge in [-0.05, 0) is 25.1 Å². The number of pyridine rings is 1. The van der Waals surface area contributed by atoms with Crippen molar-refractivity contribution in [2.24, 2.45) is 5.73 Å². The fraction of sp³-hybridized carbons (Fsp3) is 0.250. The number of primary amides is 1. The van der Waals surface area contributed by atoms with Gasteiger partial charge >= 0.3 is 0 Å². The topological polar surface area (TPSA) is 164 Å². The number of rotatable bonds is 8. The van der Waals surface area contributed by atoms with Crippen LogP contribution in [0.1, 0.15) is 23.7 Å². The highest BCUT2D eigenvalue weighted by atomic mass is 16.5. The molecule has 0 aliphatic carbocycles. The summed E-state index contributed by atoms with van der Waals surface area (Å²) in [5, 5.41) is 3.53. The van der Waals surface area contributed by atoms with E-state index in [1.807, 2.05) is 0 Å². The van der Waals surface area contributed by atoms with E-state index in [2.05, 4.69) is 15.3 Å². The van der Waals surface area contributed by atoms with Crippen LogP contribution in [0.4, 0.5) is 11.8 Å². The average molecular weight is 426 g/mol. The second kappa shape index (κ2) is 9.11. The molecular weight excluding hydrogens is 404 g/mol. The van der Waals surface area contributed by atoms with Crippen LogP contribution in [0.15, 0.2) is 35.4 Å². The van der Waals surface area contributed by atoms with Crippen LogP contribution in [0, 0.1) is 0 Å². The van der Waals surface area contributed by atoms with Crippen molar-refractivity contribution in [2.75, 3.05) is 24.8 Å². The lowest BCUT2D eigenvalue weighted by Gasteiger charge is -2.17. The summed E-state index contributed by atoms with van der Waals surface area (Å²) in [5.41, 5.74) is 10.5. The smallest absolute Gasteiger partial charge is 0.260 e. The molecule has 0 radical (unpaired) electrons. The number of aromatic nitrogens is 3. The molecule has 0 atom stereocenters. The lowest BCUT2D eigenvalue weighted by atomic mass is 10.1. The van der Waals surface area contributed by atoms with Crippen LogP contribution in [0.3, 0.4) is 0 Å². The van der Waals surface area contributed by atoms with E-state index >= 15 is 0 Å². The Balaban J connectivity index is 2.05. The fourth-order valence-electron chi connectivity index (χ4n) is 3.03. The average Bonchev–Trinajstić information content (AvgIpc) is 2.74. The summed E-state index contributed by atoms with van der Waals surface area (Å²) in [6.07, 6.45) is 2.61. The van der Waals surface area contributed by atoms with Gasteiger partial charge in [0.05, 0.1) is 31.1 Å². The van der Waals surface area contributed by atoms with E-state index in [0.29, 0.717) is 28.8 Å². The maximum atomic E-state index is 13.0. The number of hydrogen-bond donors (Lipinski definition) is 3. The maximum Gasteiger partial charge on any atom is 0.260 e. The standard InChI is InChI=1S/C20H22N6O5/c1-3-26-16(25-18(28)11-9-23-20(22)24-10-11)8-13-12(19(26)29)4-5-14(17(13)30-2)31-7-6-15(21)27/h4-5,8-10H,3,6-7H2,1-2H3,(H2,21,27)(H,25,28)(H2,22,23,24). The number of anilines is 2. The van der Waals surface area contributed by atoms with Gasteiger partial charge in [-0.1, -0.05) is 0 Å². The first kappa shape index (κ1) is 21.6. The van der Waals surface area contributed by atoms with Crippen molar-refractivity contribution in [3.63, 3.8) is 0 Å². The number of nitrogens with one attached hydrogen (secondary N) is 1. The van der Waals surface area contributed by atoms with Crippen molar-refractivity contribution in [1.29, 1.82) is 0 Å². The Kier molecular flexibility index (Phi) is 6.34. The number of amides is 2. The minimum absolute atomic E-state index is 0.0313. The van der Waals surface area contributed by atoms with Gasteiger partial charge < -0.3 is 26.3 Å². The van der Waals surface area contributed by atoms with Crippen LogP contribution in [0.5, 0.6) is 11.5 Å². The summed E-state index contributed by atoms with van der Waals surface area (Å²) < 4.78 is 12.5. The predicted molar refractivity (Wildman–Crippen MR) is 114 cm³/mol. The minimum atomic E-state index is -0.506. The highest BCUT2D eigenvalue weighted by Gasteiger charge is 2.18. The van der Waals surface area contributed by atoms with Gasteiger partial charge in [0.2, 0.25) is 11.9 Å². The van der Waals surface area contributed by atoms with Crippen LogP contribution in [0.2, 0.25) is 0 Å². The first-order valence-corrected chi connectivity index (χ1v) is 9.40. The van der Waals surface area contributed by atoms with Gasteiger partial charge in [0.25, 0.3) is 11.5 Å². The van der Waals surface area contributed by atoms with Gasteiger partial charge in [-0.15, -0.1) is 0 Å². The molecule has 0 spiro atoms. The monoisotopic (exact) mass is 426 g/mol. The number of methoxy groups -OCH3 is 1. The Morgan fingerprint density at radius 2 is 1.90 bits per heavy atom. The fourth-order valence-corrected chi connectivity index (χ4v) is 3.03. The summed E-state index contributed by atoms with van der Waals surface area (Å²) in [6.45, 7) is 2.17. The summed E-state index contributed by atoms with van der Waals surface area (Å²) >= 11 is 0. The lowest BCUT2D eigenvalue weighted by Crippen LogP contribution is -2.25. The zero-order valence-corrected chi connectivity index (χ0v) is 17.0. The molecule has 11 heteroatoms. The third-order valence-corrected chi connectivity index (χ3v) is 4.51. The van der Waals surface area contributed by atoms with Gasteiger partial charge in [0, 0.05) is 24.3 Å². The van der Waals surface area contributed by atoms with Gasteiger partial charge in [-0.3, -0.25) is 19.0 Å². The van der Waals surface area contributed by atoms with Gasteiger partial charge in [-0.2, -0.15) is 0 Å². The molecule has 2 heterocycles. The minimum Gasteiger partial charge on any atom is -0.492 e. The molecule has 0 fully saturated rings. The molecule has 5 N–H and O–H groups in total. The molecule has 3 rings (SSSR count). The summed E-state index contributed by atoms with van der Waals surface area (Å²) in [5.74, 6) is -0.0606. The highest BCUT2D eigenvalue weighted by molar-refractivity contribution is 6.04. The first-order chi connectivity index (χ1) is 14.8. The molecule has 0 saturated carbocycles. The zero-order chi connectivity index (χ0) is 22.5. The van der Waals surface area contributed by atoms with Crippen LogP contribution in [0.25, 0.3) is 10.8 Å². The van der Waals surface area contributed by atoms with Crippen LogP contribution >= 0.6 is 0 Å². The van der Waals surface area contributed by atoms with Crippen molar-refractivity contribution in [2.45, 2.75) is 19.9 Å². The number of hydrogen-bond acceptors (Lipinski definition) is 8. The number of carbonyl (C=O) groups excluding carboxylic acids is 2. The highest BCUT2D eigenvalue weighted by Crippen LogP contribution is 2.35. The number of ether oxygens (including phenoxy) is 2. The van der Waals surface area contributed by atoms with E-state index in [-0.39, 0.29) is 35.9 Å². The molecular formula is C20H22N6O5. The molecule has 3 aromatic rings. The van der Waals surface area contributed by atoms with Crippen LogP contribution in [-0.2, 0) is 11.3 Å². The Bertz CT molecular complexity index is 1190. The SMILES string of the molecule is CCn1c(NC(=O)c2cnc(N)nc2)cc2c(OC)c(OCCC(N)=O)ccc2c1=O. The second-order valence-electron chi connectivity index (χ2n) is 6.49. The first-order valence-electron chi connectivity index (χ1n) is 9.40. The largest absolute Gasteiger partial charge is 0.492 e. The molecule has 162 valence electrons. The third kappa shape index (κ3) is 4.55. The Hall–Kier alpha value is -4.15. The van der Waals surface area contributed by atoms with Crippen molar-refractivity contribution in [1.82, 2.24) is 14.5 Å². The maximum absolute atomic E-state index is 13.0. The quantitative estimate of drug-likeness (QED) is 0.478. The third-order valence-electron chi connectivity index (χ3n) is 4.51. The Labute approximate surface area is 177 Å². The molecule has 1 aromatic carbocycles. The van der Waals surface area contributed by atoms with E-state index in [1.165, 1.54) is 24.1 Å². The predicted octanol–water partition coefficient (Wildman–Crippen LogP) is 0.909. The second-order valence-corrected chi connectivity index (χ2v) is 6.49. The molecule has 0 bridgehead atoms. The van der Waals surface area contributed by atoms with Gasteiger partial charge in [0.15, 0.2) is 11.5 Å². The van der Waals surface area contributed by atoms with Crippen LogP contribution < -0.4 is 31.8 Å². The van der Waals surface area contributed by atoms with Crippen molar-refractivity contribution in [3.8, 4) is 11.5 Å². The van der Waals surface area contributed by atoms with Crippen molar-refractivity contribution >= 4 is 34.4 Å². The number of nitrogens with two attached hydrogens (primary N) is 2. The van der Waals surface area contributed by atoms with E-state index in [4.69, 9.17) is 20.9 Å². The number of nitrogens with zero attached hydrogens (tertiary/aromatic N) is 3. The number of nitrogen functional groups attached to an aromatic ring is 1.